The molecule has 0 unspecified atom stereocenters. The van der Waals surface area contributed by atoms with Gasteiger partial charge in [-0.15, -0.1) is 0 Å². The molecule has 0 aromatic heterocycles. The van der Waals surface area contributed by atoms with Crippen LogP contribution in [0, 0.1) is 17.8 Å². The molecule has 9 nitrogen and oxygen atoms in total. The lowest BCUT2D eigenvalue weighted by Crippen LogP contribution is -2.38. The molecule has 1 aromatic rings. The number of benzene rings is 1. The zero-order valence-corrected chi connectivity index (χ0v) is 22.5. The van der Waals surface area contributed by atoms with Crippen LogP contribution in [0.3, 0.4) is 0 Å². The Morgan fingerprint density at radius 2 is 0.778 bits per heavy atom. The van der Waals surface area contributed by atoms with Crippen LogP contribution in [0.4, 0.5) is 0 Å². The third-order valence-electron chi connectivity index (χ3n) is 5.79. The van der Waals surface area contributed by atoms with Gasteiger partial charge in [-0.25, -0.2) is 0 Å². The van der Waals surface area contributed by atoms with Gasteiger partial charge in [0.05, 0.1) is 0 Å². The summed E-state index contributed by atoms with van der Waals surface area (Å²) in [7, 11) is 0. The van der Waals surface area contributed by atoms with Crippen molar-refractivity contribution in [1.82, 2.24) is 16.0 Å². The molecule has 204 valence electrons. The molecule has 1 rings (SSSR count). The number of rotatable bonds is 18. The lowest BCUT2D eigenvalue weighted by atomic mass is 10.0. The molecule has 0 radical (unpaired) electrons. The fourth-order valence-corrected chi connectivity index (χ4v) is 4.10. The van der Waals surface area contributed by atoms with E-state index in [1.54, 1.807) is 0 Å². The average Bonchev–Trinajstić information content (AvgIpc) is 2.75. The second-order valence-corrected chi connectivity index (χ2v) is 10.9. The molecule has 6 N–H and O–H groups in total. The lowest BCUT2D eigenvalue weighted by molar-refractivity contribution is -0.140. The van der Waals surface area contributed by atoms with Gasteiger partial charge in [-0.2, -0.15) is 0 Å². The molecule has 0 bridgehead atoms. The van der Waals surface area contributed by atoms with Crippen LogP contribution < -0.4 is 16.0 Å². The summed E-state index contributed by atoms with van der Waals surface area (Å²) < 4.78 is 0. The summed E-state index contributed by atoms with van der Waals surface area (Å²) in [5.74, 6) is -2.05. The van der Waals surface area contributed by atoms with Crippen molar-refractivity contribution in [3.05, 3.63) is 34.9 Å². The number of hydrogen-bond acceptors (Lipinski definition) is 6. The Kier molecular flexibility index (Phi) is 13.7. The Morgan fingerprint density at radius 1 is 0.556 bits per heavy atom. The largest absolute Gasteiger partial charge is 0.480 e. The maximum absolute atomic E-state index is 11.7. The smallest absolute Gasteiger partial charge is 0.320 e. The fraction of sp³-hybridized carbons (Fsp3) is 0.667. The predicted molar refractivity (Wildman–Crippen MR) is 140 cm³/mol. The summed E-state index contributed by atoms with van der Waals surface area (Å²) in [6.07, 6.45) is 1.49. The molecular weight excluding hydrogens is 462 g/mol. The van der Waals surface area contributed by atoms with Gasteiger partial charge in [0.2, 0.25) is 0 Å². The minimum absolute atomic E-state index is 0.219. The molecule has 9 heteroatoms. The molecule has 36 heavy (non-hydrogen) atoms. The van der Waals surface area contributed by atoms with Crippen LogP contribution in [-0.4, -0.2) is 51.4 Å². The van der Waals surface area contributed by atoms with Crippen LogP contribution in [0.2, 0.25) is 0 Å². The molecule has 1 aromatic carbocycles. The van der Waals surface area contributed by atoms with Gasteiger partial charge in [0.15, 0.2) is 0 Å². The van der Waals surface area contributed by atoms with Crippen molar-refractivity contribution >= 4 is 17.9 Å². The quantitative estimate of drug-likeness (QED) is 0.176. The van der Waals surface area contributed by atoms with E-state index < -0.39 is 36.0 Å². The van der Waals surface area contributed by atoms with E-state index in [1.165, 1.54) is 0 Å². The molecule has 0 saturated carbocycles. The molecule has 0 aliphatic carbocycles. The monoisotopic (exact) mass is 507 g/mol. The Balaban J connectivity index is 3.11. The third-order valence-corrected chi connectivity index (χ3v) is 5.79. The van der Waals surface area contributed by atoms with Crippen molar-refractivity contribution in [2.45, 2.75) is 98.6 Å². The molecule has 0 aliphatic rings. The third kappa shape index (κ3) is 12.5. The number of carbonyl (C=O) groups is 3. The standard InChI is InChI=1S/C27H45N3O6/c1-16(2)7-22(25(31)32)28-13-19-10-20(14-29-23(26(33)34)8-17(3)4)12-21(11-19)15-30-24(27(35)36)9-18(5)6/h10-12,16-18,22-24,28-30H,7-9,13-15H2,1-6H3,(H,31,32)(H,33,34)(H,35,36)/t22-,23-,24-/m0/s1. The highest BCUT2D eigenvalue weighted by molar-refractivity contribution is 5.74. The van der Waals surface area contributed by atoms with Crippen molar-refractivity contribution in [2.75, 3.05) is 0 Å². The van der Waals surface area contributed by atoms with Gasteiger partial charge in [-0.1, -0.05) is 59.7 Å². The Labute approximate surface area is 215 Å². The van der Waals surface area contributed by atoms with E-state index >= 15 is 0 Å². The number of hydrogen-bond donors (Lipinski definition) is 6. The van der Waals surface area contributed by atoms with Gasteiger partial charge >= 0.3 is 17.9 Å². The second-order valence-electron chi connectivity index (χ2n) is 10.9. The summed E-state index contributed by atoms with van der Waals surface area (Å²) in [5.41, 5.74) is 2.56. The summed E-state index contributed by atoms with van der Waals surface area (Å²) in [6.45, 7) is 12.8. The van der Waals surface area contributed by atoms with Crippen molar-refractivity contribution in [3.63, 3.8) is 0 Å². The fourth-order valence-electron chi connectivity index (χ4n) is 4.10. The van der Waals surface area contributed by atoms with E-state index in [2.05, 4.69) is 16.0 Å². The minimum Gasteiger partial charge on any atom is -0.480 e. The van der Waals surface area contributed by atoms with Gasteiger partial charge in [0.25, 0.3) is 0 Å². The molecule has 0 amide bonds. The Morgan fingerprint density at radius 3 is 0.944 bits per heavy atom. The second kappa shape index (κ2) is 15.6. The number of nitrogens with one attached hydrogen (secondary N) is 3. The van der Waals surface area contributed by atoms with Gasteiger partial charge in [0.1, 0.15) is 18.1 Å². The number of carboxylic acid groups (broad SMARTS) is 3. The van der Waals surface area contributed by atoms with E-state index in [0.717, 1.165) is 16.7 Å². The normalized spacial score (nSPS) is 14.2. The predicted octanol–water partition coefficient (Wildman–Crippen LogP) is 3.45. The maximum Gasteiger partial charge on any atom is 0.320 e. The summed E-state index contributed by atoms with van der Waals surface area (Å²) in [6, 6.07) is 3.73. The van der Waals surface area contributed by atoms with E-state index in [-0.39, 0.29) is 17.8 Å². The summed E-state index contributed by atoms with van der Waals surface area (Å²) in [5, 5.41) is 38.0. The molecule has 0 fully saturated rings. The van der Waals surface area contributed by atoms with E-state index in [4.69, 9.17) is 0 Å². The minimum atomic E-state index is -0.903. The average molecular weight is 508 g/mol. The van der Waals surface area contributed by atoms with Gasteiger partial charge in [-0.05, 0) is 53.7 Å². The highest BCUT2D eigenvalue weighted by Crippen LogP contribution is 2.15. The highest BCUT2D eigenvalue weighted by atomic mass is 16.4. The highest BCUT2D eigenvalue weighted by Gasteiger charge is 2.21. The molecule has 3 atom stereocenters. The van der Waals surface area contributed by atoms with Crippen LogP contribution in [-0.2, 0) is 34.0 Å². The maximum atomic E-state index is 11.7. The Hall–Kier alpha value is -2.49. The first kappa shape index (κ1) is 31.5. The molecule has 0 spiro atoms. The van der Waals surface area contributed by atoms with Crippen LogP contribution in [0.25, 0.3) is 0 Å². The van der Waals surface area contributed by atoms with Crippen molar-refractivity contribution in [2.24, 2.45) is 17.8 Å². The topological polar surface area (TPSA) is 148 Å². The molecule has 0 saturated heterocycles. The van der Waals surface area contributed by atoms with E-state index in [1.807, 2.05) is 59.7 Å². The SMILES string of the molecule is CC(C)C[C@H](NCc1cc(CN[C@@H](CC(C)C)C(=O)O)cc(CN[C@@H](CC(C)C)C(=O)O)c1)C(=O)O. The molecule has 0 aliphatic heterocycles. The van der Waals surface area contributed by atoms with Crippen LogP contribution >= 0.6 is 0 Å². The van der Waals surface area contributed by atoms with Crippen LogP contribution in [0.5, 0.6) is 0 Å². The van der Waals surface area contributed by atoms with Gasteiger partial charge < -0.3 is 31.3 Å². The number of carboxylic acids is 3. The summed E-state index contributed by atoms with van der Waals surface area (Å²) >= 11 is 0. The first-order valence-corrected chi connectivity index (χ1v) is 12.8. The molecule has 0 heterocycles. The lowest BCUT2D eigenvalue weighted by Gasteiger charge is -2.20. The zero-order valence-electron chi connectivity index (χ0n) is 22.5. The van der Waals surface area contributed by atoms with Crippen molar-refractivity contribution in [3.8, 4) is 0 Å². The summed E-state index contributed by atoms with van der Waals surface area (Å²) in [4.78, 5) is 35.0. The van der Waals surface area contributed by atoms with Gasteiger partial charge in [0, 0.05) is 19.6 Å². The van der Waals surface area contributed by atoms with E-state index in [0.29, 0.717) is 38.9 Å². The van der Waals surface area contributed by atoms with Crippen LogP contribution in [0.15, 0.2) is 18.2 Å². The first-order chi connectivity index (χ1) is 16.8. The molecular formula is C27H45N3O6. The zero-order chi connectivity index (χ0) is 27.4. The number of aliphatic carboxylic acids is 3. The Bertz CT molecular complexity index is 734. The van der Waals surface area contributed by atoms with Crippen molar-refractivity contribution in [1.29, 1.82) is 0 Å². The van der Waals surface area contributed by atoms with Crippen molar-refractivity contribution < 1.29 is 29.7 Å². The van der Waals surface area contributed by atoms with Crippen LogP contribution in [0.1, 0.15) is 77.5 Å². The first-order valence-electron chi connectivity index (χ1n) is 12.8. The van der Waals surface area contributed by atoms with E-state index in [9.17, 15) is 29.7 Å². The van der Waals surface area contributed by atoms with Gasteiger partial charge in [-0.3, -0.25) is 14.4 Å².